The molecule has 28 heavy (non-hydrogen) atoms. The van der Waals surface area contributed by atoms with Gasteiger partial charge in [-0.1, -0.05) is 29.8 Å². The summed E-state index contributed by atoms with van der Waals surface area (Å²) in [6.45, 7) is 2.70. The van der Waals surface area contributed by atoms with Crippen molar-refractivity contribution in [2.45, 2.75) is 13.5 Å². The third kappa shape index (κ3) is 4.83. The fourth-order valence-corrected chi connectivity index (χ4v) is 2.80. The molecule has 0 aliphatic carbocycles. The van der Waals surface area contributed by atoms with Crippen LogP contribution in [-0.2, 0) is 6.54 Å². The number of nitrogens with zero attached hydrogens (tertiary/aromatic N) is 3. The van der Waals surface area contributed by atoms with Gasteiger partial charge in [-0.3, -0.25) is 14.8 Å². The van der Waals surface area contributed by atoms with Gasteiger partial charge < -0.3 is 15.4 Å². The van der Waals surface area contributed by atoms with Crippen molar-refractivity contribution in [1.29, 1.82) is 0 Å². The van der Waals surface area contributed by atoms with Crippen LogP contribution in [0.1, 0.15) is 11.1 Å². The first-order valence-corrected chi connectivity index (χ1v) is 8.84. The summed E-state index contributed by atoms with van der Waals surface area (Å²) in [5, 5.41) is 21.5. The Labute approximate surface area is 167 Å². The van der Waals surface area contributed by atoms with E-state index in [-0.39, 0.29) is 5.69 Å². The van der Waals surface area contributed by atoms with Gasteiger partial charge in [0, 0.05) is 12.3 Å². The minimum atomic E-state index is -0.481. The number of non-ortho nitro benzene ring substituents is 1. The summed E-state index contributed by atoms with van der Waals surface area (Å²) in [7, 11) is 1.44. The first-order chi connectivity index (χ1) is 13.4. The topological polar surface area (TPSA) is 94.2 Å². The van der Waals surface area contributed by atoms with E-state index in [0.29, 0.717) is 23.1 Å². The number of aromatic nitrogens is 2. The van der Waals surface area contributed by atoms with Crippen LogP contribution in [0, 0.1) is 17.0 Å². The lowest BCUT2D eigenvalue weighted by Gasteiger charge is -2.12. The van der Waals surface area contributed by atoms with Crippen LogP contribution in [0.3, 0.4) is 0 Å². The fraction of sp³-hybridized carbons (Fsp3) is 0.158. The number of rotatable bonds is 6. The normalized spacial score (nSPS) is 10.4. The molecule has 0 unspecified atom stereocenters. The van der Waals surface area contributed by atoms with Crippen LogP contribution < -0.4 is 15.4 Å². The van der Waals surface area contributed by atoms with Gasteiger partial charge in [0.1, 0.15) is 5.75 Å². The average Bonchev–Trinajstić information content (AvgIpc) is 3.10. The smallest absolute Gasteiger partial charge is 0.273 e. The molecule has 144 valence electrons. The number of aryl methyl sites for hydroxylation is 1. The van der Waals surface area contributed by atoms with E-state index in [1.165, 1.54) is 24.8 Å². The lowest BCUT2D eigenvalue weighted by atomic mass is 10.1. The number of ether oxygens (including phenoxy) is 1. The van der Waals surface area contributed by atoms with Gasteiger partial charge in [0.25, 0.3) is 5.69 Å². The van der Waals surface area contributed by atoms with Crippen LogP contribution in [0.2, 0.25) is 0 Å². The molecule has 0 saturated carbocycles. The van der Waals surface area contributed by atoms with Gasteiger partial charge in [-0.2, -0.15) is 5.10 Å². The maximum atomic E-state index is 10.9. The average molecular weight is 397 g/mol. The van der Waals surface area contributed by atoms with Crippen LogP contribution in [0.4, 0.5) is 17.1 Å². The van der Waals surface area contributed by atoms with E-state index in [9.17, 15) is 10.1 Å². The Bertz CT molecular complexity index is 1000. The summed E-state index contributed by atoms with van der Waals surface area (Å²) in [4.78, 5) is 10.4. The van der Waals surface area contributed by atoms with E-state index < -0.39 is 4.92 Å². The van der Waals surface area contributed by atoms with Gasteiger partial charge in [-0.05, 0) is 30.8 Å². The Kier molecular flexibility index (Phi) is 5.85. The highest BCUT2D eigenvalue weighted by Crippen LogP contribution is 2.29. The molecule has 0 bridgehead atoms. The number of nitro benzene ring substituents is 1. The van der Waals surface area contributed by atoms with Gasteiger partial charge in [0.2, 0.25) is 0 Å². The van der Waals surface area contributed by atoms with Crippen LogP contribution in [0.5, 0.6) is 5.75 Å². The van der Waals surface area contributed by atoms with Crippen molar-refractivity contribution >= 4 is 34.4 Å². The molecule has 0 spiro atoms. The van der Waals surface area contributed by atoms with Crippen LogP contribution in [0.15, 0.2) is 54.9 Å². The van der Waals surface area contributed by atoms with E-state index in [0.717, 1.165) is 11.3 Å². The number of benzene rings is 2. The molecule has 3 aromatic rings. The van der Waals surface area contributed by atoms with Crippen molar-refractivity contribution in [2.24, 2.45) is 0 Å². The van der Waals surface area contributed by atoms with Crippen molar-refractivity contribution in [3.63, 3.8) is 0 Å². The van der Waals surface area contributed by atoms with Crippen molar-refractivity contribution < 1.29 is 9.66 Å². The SMILES string of the molecule is COc1cc([N+](=O)[O-])ccc1NC(=S)Nc1cnn(Cc2ccc(C)cc2)c1. The van der Waals surface area contributed by atoms with Gasteiger partial charge in [-0.15, -0.1) is 0 Å². The van der Waals surface area contributed by atoms with Crippen LogP contribution >= 0.6 is 12.2 Å². The Morgan fingerprint density at radius 3 is 2.68 bits per heavy atom. The Morgan fingerprint density at radius 1 is 1.25 bits per heavy atom. The molecule has 0 fully saturated rings. The lowest BCUT2D eigenvalue weighted by Crippen LogP contribution is -2.19. The molecule has 8 nitrogen and oxygen atoms in total. The maximum Gasteiger partial charge on any atom is 0.273 e. The summed E-state index contributed by atoms with van der Waals surface area (Å²) in [5.41, 5.74) is 3.56. The van der Waals surface area contributed by atoms with Crippen molar-refractivity contribution in [3.05, 3.63) is 76.1 Å². The van der Waals surface area contributed by atoms with E-state index in [1.807, 2.05) is 17.8 Å². The number of anilines is 2. The highest BCUT2D eigenvalue weighted by Gasteiger charge is 2.12. The standard InChI is InChI=1S/C19H19N5O3S/c1-13-3-5-14(6-4-13)11-23-12-15(10-20-23)21-19(28)22-17-8-7-16(24(25)26)9-18(17)27-2/h3-10,12H,11H2,1-2H3,(H2,21,22,28). The van der Waals surface area contributed by atoms with Gasteiger partial charge in [-0.25, -0.2) is 0 Å². The molecule has 0 radical (unpaired) electrons. The number of nitro groups is 1. The highest BCUT2D eigenvalue weighted by molar-refractivity contribution is 7.80. The van der Waals surface area contributed by atoms with E-state index >= 15 is 0 Å². The van der Waals surface area contributed by atoms with E-state index in [4.69, 9.17) is 17.0 Å². The second kappa shape index (κ2) is 8.49. The number of hydrogen-bond donors (Lipinski definition) is 2. The largest absolute Gasteiger partial charge is 0.494 e. The molecule has 1 aromatic heterocycles. The monoisotopic (exact) mass is 397 g/mol. The van der Waals surface area contributed by atoms with Gasteiger partial charge >= 0.3 is 0 Å². The summed E-state index contributed by atoms with van der Waals surface area (Å²) < 4.78 is 7.00. The summed E-state index contributed by atoms with van der Waals surface area (Å²) in [6.07, 6.45) is 3.52. The minimum Gasteiger partial charge on any atom is -0.494 e. The summed E-state index contributed by atoms with van der Waals surface area (Å²) in [6, 6.07) is 12.5. The fourth-order valence-electron chi connectivity index (χ4n) is 2.58. The van der Waals surface area contributed by atoms with Crippen molar-refractivity contribution in [1.82, 2.24) is 9.78 Å². The number of thiocarbonyl (C=S) groups is 1. The predicted molar refractivity (Wildman–Crippen MR) is 112 cm³/mol. The molecular weight excluding hydrogens is 378 g/mol. The number of nitrogens with one attached hydrogen (secondary N) is 2. The molecule has 1 heterocycles. The quantitative estimate of drug-likeness (QED) is 0.369. The number of methoxy groups -OCH3 is 1. The number of hydrogen-bond acceptors (Lipinski definition) is 5. The van der Waals surface area contributed by atoms with Crippen LogP contribution in [0.25, 0.3) is 0 Å². The highest BCUT2D eigenvalue weighted by atomic mass is 32.1. The third-order valence-electron chi connectivity index (χ3n) is 4.00. The molecule has 0 amide bonds. The predicted octanol–water partition coefficient (Wildman–Crippen LogP) is 3.97. The first-order valence-electron chi connectivity index (χ1n) is 8.43. The van der Waals surface area contributed by atoms with Crippen LogP contribution in [-0.4, -0.2) is 26.9 Å². The Hall–Kier alpha value is -3.46. The van der Waals surface area contributed by atoms with Gasteiger partial charge in [0.15, 0.2) is 5.11 Å². The second-order valence-electron chi connectivity index (χ2n) is 6.13. The minimum absolute atomic E-state index is 0.0568. The zero-order valence-electron chi connectivity index (χ0n) is 15.4. The maximum absolute atomic E-state index is 10.9. The zero-order chi connectivity index (χ0) is 20.1. The molecule has 0 aliphatic heterocycles. The first kappa shape index (κ1) is 19.3. The van der Waals surface area contributed by atoms with Gasteiger partial charge in [0.05, 0.1) is 42.2 Å². The molecular formula is C19H19N5O3S. The Morgan fingerprint density at radius 2 is 2.00 bits per heavy atom. The summed E-state index contributed by atoms with van der Waals surface area (Å²) >= 11 is 5.31. The lowest BCUT2D eigenvalue weighted by molar-refractivity contribution is -0.384. The second-order valence-corrected chi connectivity index (χ2v) is 6.54. The Balaban J connectivity index is 1.63. The molecule has 0 atom stereocenters. The molecule has 2 N–H and O–H groups in total. The molecule has 2 aromatic carbocycles. The third-order valence-corrected chi connectivity index (χ3v) is 4.20. The van der Waals surface area contributed by atoms with Crippen molar-refractivity contribution in [2.75, 3.05) is 17.7 Å². The summed E-state index contributed by atoms with van der Waals surface area (Å²) in [5.74, 6) is 0.327. The van der Waals surface area contributed by atoms with E-state index in [2.05, 4.69) is 40.0 Å². The van der Waals surface area contributed by atoms with Crippen molar-refractivity contribution in [3.8, 4) is 5.75 Å². The molecule has 0 saturated heterocycles. The molecule has 3 rings (SSSR count). The molecule has 0 aliphatic rings. The van der Waals surface area contributed by atoms with E-state index in [1.54, 1.807) is 12.3 Å². The zero-order valence-corrected chi connectivity index (χ0v) is 16.2. The molecule has 9 heteroatoms.